The molecule has 6 nitrogen and oxygen atoms in total. The summed E-state index contributed by atoms with van der Waals surface area (Å²) in [4.78, 5) is 12.5. The average Bonchev–Trinajstić information content (AvgIpc) is 2.68. The molecule has 0 saturated heterocycles. The Hall–Kier alpha value is -2.38. The van der Waals surface area contributed by atoms with E-state index in [-0.39, 0.29) is 29.4 Å². The highest BCUT2D eigenvalue weighted by Crippen LogP contribution is 2.22. The fourth-order valence-corrected chi connectivity index (χ4v) is 4.25. The maximum absolute atomic E-state index is 12.3. The number of hydrogen-bond donors (Lipinski definition) is 2. The average molecular weight is 433 g/mol. The van der Waals surface area contributed by atoms with Crippen LogP contribution in [0.4, 0.5) is 0 Å². The van der Waals surface area contributed by atoms with Crippen LogP contribution < -0.4 is 14.8 Å². The molecule has 0 saturated carbocycles. The van der Waals surface area contributed by atoms with E-state index in [1.54, 1.807) is 12.1 Å². The molecular weight excluding hydrogens is 400 g/mol. The molecule has 1 amide bonds. The molecule has 0 unspecified atom stereocenters. The van der Waals surface area contributed by atoms with Crippen molar-refractivity contribution in [3.05, 3.63) is 58.7 Å². The number of sulfonamides is 1. The molecule has 1 atom stereocenters. The van der Waals surface area contributed by atoms with Crippen LogP contribution in [-0.2, 0) is 14.8 Å². The zero-order valence-electron chi connectivity index (χ0n) is 18.6. The Labute approximate surface area is 180 Å². The van der Waals surface area contributed by atoms with E-state index in [2.05, 4.69) is 36.0 Å². The number of amides is 1. The van der Waals surface area contributed by atoms with Gasteiger partial charge in [-0.1, -0.05) is 26.0 Å². The van der Waals surface area contributed by atoms with Gasteiger partial charge in [-0.05, 0) is 80.1 Å². The Morgan fingerprint density at radius 1 is 0.967 bits per heavy atom. The first-order valence-electron chi connectivity index (χ1n) is 10.1. The Morgan fingerprint density at radius 2 is 1.57 bits per heavy atom. The van der Waals surface area contributed by atoms with Crippen molar-refractivity contribution in [2.75, 3.05) is 13.2 Å². The summed E-state index contributed by atoms with van der Waals surface area (Å²) in [6.45, 7) is 12.2. The number of carbonyl (C=O) groups is 1. The van der Waals surface area contributed by atoms with Gasteiger partial charge in [-0.15, -0.1) is 0 Å². The Balaban J connectivity index is 1.93. The van der Waals surface area contributed by atoms with E-state index in [1.165, 1.54) is 23.3 Å². The minimum absolute atomic E-state index is 0.139. The van der Waals surface area contributed by atoms with Crippen molar-refractivity contribution in [2.24, 2.45) is 5.92 Å². The van der Waals surface area contributed by atoms with Gasteiger partial charge in [0.1, 0.15) is 5.75 Å². The number of benzene rings is 2. The second kappa shape index (κ2) is 10.1. The molecule has 2 aromatic rings. The summed E-state index contributed by atoms with van der Waals surface area (Å²) >= 11 is 0. The summed E-state index contributed by atoms with van der Waals surface area (Å²) in [5.74, 6) is 0.411. The zero-order chi connectivity index (χ0) is 22.5. The maximum atomic E-state index is 12.3. The minimum Gasteiger partial charge on any atom is -0.484 e. The molecule has 0 heterocycles. The van der Waals surface area contributed by atoms with Crippen LogP contribution in [0.3, 0.4) is 0 Å². The Bertz CT molecular complexity index is 983. The van der Waals surface area contributed by atoms with Gasteiger partial charge in [-0.2, -0.15) is 0 Å². The van der Waals surface area contributed by atoms with Gasteiger partial charge in [-0.25, -0.2) is 13.1 Å². The molecule has 0 bridgehead atoms. The van der Waals surface area contributed by atoms with E-state index in [9.17, 15) is 13.2 Å². The van der Waals surface area contributed by atoms with Crippen LogP contribution in [0.1, 0.15) is 49.1 Å². The van der Waals surface area contributed by atoms with Gasteiger partial charge in [0.2, 0.25) is 10.0 Å². The molecule has 2 rings (SSSR count). The molecule has 0 fully saturated rings. The third-order valence-electron chi connectivity index (χ3n) is 4.91. The van der Waals surface area contributed by atoms with Gasteiger partial charge in [0.05, 0.1) is 10.9 Å². The first-order chi connectivity index (χ1) is 14.0. The highest BCUT2D eigenvalue weighted by atomic mass is 32.2. The fraction of sp³-hybridized carbons (Fsp3) is 0.435. The molecular formula is C23H32N2O4S. The van der Waals surface area contributed by atoms with Crippen LogP contribution in [0.25, 0.3) is 0 Å². The smallest absolute Gasteiger partial charge is 0.258 e. The number of carbonyl (C=O) groups excluding carboxylic acids is 1. The second-order valence-corrected chi connectivity index (χ2v) is 9.86. The van der Waals surface area contributed by atoms with Gasteiger partial charge in [0, 0.05) is 6.54 Å². The lowest BCUT2D eigenvalue weighted by Gasteiger charge is -2.18. The number of rotatable bonds is 9. The highest BCUT2D eigenvalue weighted by Gasteiger charge is 2.15. The summed E-state index contributed by atoms with van der Waals surface area (Å²) in [5, 5.41) is 2.95. The predicted molar refractivity (Wildman–Crippen MR) is 119 cm³/mol. The molecule has 30 heavy (non-hydrogen) atoms. The van der Waals surface area contributed by atoms with E-state index in [4.69, 9.17) is 4.74 Å². The summed E-state index contributed by atoms with van der Waals surface area (Å²) in [7, 11) is -3.55. The topological polar surface area (TPSA) is 84.5 Å². The van der Waals surface area contributed by atoms with Gasteiger partial charge in [0.25, 0.3) is 5.91 Å². The standard InChI is InChI=1S/C23H32N2O4S/c1-15(2)13-24-30(27,28)21-9-7-20(8-10-21)29-14-23(26)25-19(6)22-12-17(4)16(3)11-18(22)5/h7-12,15,19,24H,13-14H2,1-6H3,(H,25,26)/t19-/m1/s1. The van der Waals surface area contributed by atoms with E-state index in [0.29, 0.717) is 12.3 Å². The number of hydrogen-bond acceptors (Lipinski definition) is 4. The molecule has 0 aliphatic rings. The van der Waals surface area contributed by atoms with E-state index in [0.717, 1.165) is 11.1 Å². The van der Waals surface area contributed by atoms with Crippen molar-refractivity contribution < 1.29 is 17.9 Å². The third kappa shape index (κ3) is 6.57. The Morgan fingerprint density at radius 3 is 2.17 bits per heavy atom. The highest BCUT2D eigenvalue weighted by molar-refractivity contribution is 7.89. The normalized spacial score (nSPS) is 12.6. The zero-order valence-corrected chi connectivity index (χ0v) is 19.4. The molecule has 2 aromatic carbocycles. The number of ether oxygens (including phenoxy) is 1. The summed E-state index contributed by atoms with van der Waals surface area (Å²) < 4.78 is 32.5. The van der Waals surface area contributed by atoms with Crippen LogP contribution in [0.2, 0.25) is 0 Å². The minimum atomic E-state index is -3.55. The van der Waals surface area contributed by atoms with Crippen LogP contribution in [-0.4, -0.2) is 27.5 Å². The predicted octanol–water partition coefficient (Wildman–Crippen LogP) is 3.80. The van der Waals surface area contributed by atoms with Crippen molar-refractivity contribution in [1.82, 2.24) is 10.0 Å². The van der Waals surface area contributed by atoms with Crippen LogP contribution >= 0.6 is 0 Å². The van der Waals surface area contributed by atoms with Crippen molar-refractivity contribution in [3.63, 3.8) is 0 Å². The van der Waals surface area contributed by atoms with Crippen molar-refractivity contribution in [1.29, 1.82) is 0 Å². The van der Waals surface area contributed by atoms with Crippen LogP contribution in [0, 0.1) is 26.7 Å². The molecule has 0 radical (unpaired) electrons. The monoisotopic (exact) mass is 432 g/mol. The molecule has 0 aliphatic heterocycles. The lowest BCUT2D eigenvalue weighted by atomic mass is 9.96. The SMILES string of the molecule is Cc1cc(C)c([C@@H](C)NC(=O)COc2ccc(S(=O)(=O)NCC(C)C)cc2)cc1C. The molecule has 0 aliphatic carbocycles. The summed E-state index contributed by atoms with van der Waals surface area (Å²) in [5.41, 5.74) is 4.62. The molecule has 164 valence electrons. The van der Waals surface area contributed by atoms with Crippen LogP contribution in [0.5, 0.6) is 5.75 Å². The van der Waals surface area contributed by atoms with Crippen molar-refractivity contribution in [2.45, 2.75) is 52.5 Å². The van der Waals surface area contributed by atoms with Gasteiger partial charge in [0.15, 0.2) is 6.61 Å². The quantitative estimate of drug-likeness (QED) is 0.631. The van der Waals surface area contributed by atoms with Gasteiger partial charge >= 0.3 is 0 Å². The molecule has 0 aromatic heterocycles. The van der Waals surface area contributed by atoms with Crippen LogP contribution in [0.15, 0.2) is 41.3 Å². The summed E-state index contributed by atoms with van der Waals surface area (Å²) in [6, 6.07) is 10.1. The third-order valence-corrected chi connectivity index (χ3v) is 6.35. The first kappa shape index (κ1) is 23.9. The van der Waals surface area contributed by atoms with Crippen molar-refractivity contribution >= 4 is 15.9 Å². The lowest BCUT2D eigenvalue weighted by Crippen LogP contribution is -2.31. The second-order valence-electron chi connectivity index (χ2n) is 8.09. The Kier molecular flexibility index (Phi) is 8.03. The molecule has 2 N–H and O–H groups in total. The molecule has 0 spiro atoms. The van der Waals surface area contributed by atoms with E-state index >= 15 is 0 Å². The summed E-state index contributed by atoms with van der Waals surface area (Å²) in [6.07, 6.45) is 0. The van der Waals surface area contributed by atoms with E-state index in [1.807, 2.05) is 27.7 Å². The molecule has 7 heteroatoms. The largest absolute Gasteiger partial charge is 0.484 e. The van der Waals surface area contributed by atoms with Gasteiger partial charge < -0.3 is 10.1 Å². The maximum Gasteiger partial charge on any atom is 0.258 e. The van der Waals surface area contributed by atoms with Crippen molar-refractivity contribution in [3.8, 4) is 5.75 Å². The van der Waals surface area contributed by atoms with Gasteiger partial charge in [-0.3, -0.25) is 4.79 Å². The lowest BCUT2D eigenvalue weighted by molar-refractivity contribution is -0.123. The number of aryl methyl sites for hydroxylation is 3. The van der Waals surface area contributed by atoms with E-state index < -0.39 is 10.0 Å². The fourth-order valence-electron chi connectivity index (χ4n) is 3.03. The first-order valence-corrected chi connectivity index (χ1v) is 11.6. The number of nitrogens with one attached hydrogen (secondary N) is 2.